The highest BCUT2D eigenvalue weighted by Gasteiger charge is 2.23. The number of nitrogens with one attached hydrogen (secondary N) is 1. The van der Waals surface area contributed by atoms with Crippen molar-refractivity contribution in [1.82, 2.24) is 5.32 Å². The quantitative estimate of drug-likeness (QED) is 0.723. The first kappa shape index (κ1) is 17.8. The summed E-state index contributed by atoms with van der Waals surface area (Å²) in [4.78, 5) is 11.8. The SMILES string of the molecule is CCOC(=O)C(CC)Oc1c(Br)cc(CNC)cc1OC. The van der Waals surface area contributed by atoms with Crippen molar-refractivity contribution in [3.05, 3.63) is 22.2 Å². The number of hydrogen-bond acceptors (Lipinski definition) is 5. The Hall–Kier alpha value is -1.27. The monoisotopic (exact) mass is 359 g/mol. The molecule has 0 heterocycles. The average Bonchev–Trinajstić information content (AvgIpc) is 2.46. The van der Waals surface area contributed by atoms with Crippen molar-refractivity contribution in [2.24, 2.45) is 0 Å². The van der Waals surface area contributed by atoms with Gasteiger partial charge in [0.25, 0.3) is 0 Å². The second-order valence-electron chi connectivity index (χ2n) is 4.41. The number of methoxy groups -OCH3 is 1. The highest BCUT2D eigenvalue weighted by atomic mass is 79.9. The van der Waals surface area contributed by atoms with Gasteiger partial charge in [-0.1, -0.05) is 6.92 Å². The second kappa shape index (κ2) is 8.89. The number of carbonyl (C=O) groups excluding carboxylic acids is 1. The van der Waals surface area contributed by atoms with Gasteiger partial charge in [0.1, 0.15) is 0 Å². The molecular weight excluding hydrogens is 338 g/mol. The van der Waals surface area contributed by atoms with E-state index in [2.05, 4.69) is 21.2 Å². The average molecular weight is 360 g/mol. The first-order valence-electron chi connectivity index (χ1n) is 6.91. The zero-order valence-electron chi connectivity index (χ0n) is 12.9. The molecule has 0 saturated carbocycles. The number of halogens is 1. The van der Waals surface area contributed by atoms with Crippen LogP contribution < -0.4 is 14.8 Å². The molecule has 21 heavy (non-hydrogen) atoms. The molecule has 0 aliphatic heterocycles. The summed E-state index contributed by atoms with van der Waals surface area (Å²) in [5, 5.41) is 3.08. The number of hydrogen-bond donors (Lipinski definition) is 1. The molecule has 0 saturated heterocycles. The first-order chi connectivity index (χ1) is 10.1. The molecule has 1 rings (SSSR count). The maximum atomic E-state index is 11.8. The minimum absolute atomic E-state index is 0.331. The lowest BCUT2D eigenvalue weighted by Crippen LogP contribution is -2.29. The molecule has 1 aromatic rings. The Kier molecular flexibility index (Phi) is 7.53. The zero-order chi connectivity index (χ0) is 15.8. The van der Waals surface area contributed by atoms with Gasteiger partial charge in [0.2, 0.25) is 0 Å². The number of ether oxygens (including phenoxy) is 3. The van der Waals surface area contributed by atoms with Crippen molar-refractivity contribution < 1.29 is 19.0 Å². The molecule has 0 amide bonds. The van der Waals surface area contributed by atoms with E-state index >= 15 is 0 Å². The largest absolute Gasteiger partial charge is 0.493 e. The molecule has 0 bridgehead atoms. The molecule has 0 radical (unpaired) electrons. The smallest absolute Gasteiger partial charge is 0.347 e. The van der Waals surface area contributed by atoms with E-state index in [4.69, 9.17) is 14.2 Å². The highest BCUT2D eigenvalue weighted by Crippen LogP contribution is 2.37. The Balaban J connectivity index is 3.02. The maximum absolute atomic E-state index is 11.8. The normalized spacial score (nSPS) is 11.9. The molecule has 1 N–H and O–H groups in total. The van der Waals surface area contributed by atoms with Gasteiger partial charge < -0.3 is 19.5 Å². The highest BCUT2D eigenvalue weighted by molar-refractivity contribution is 9.10. The fourth-order valence-corrected chi connectivity index (χ4v) is 2.45. The summed E-state index contributed by atoms with van der Waals surface area (Å²) >= 11 is 3.47. The van der Waals surface area contributed by atoms with Crippen LogP contribution in [-0.4, -0.2) is 32.8 Å². The molecule has 1 unspecified atom stereocenters. The van der Waals surface area contributed by atoms with Crippen LogP contribution in [0.1, 0.15) is 25.8 Å². The Bertz CT molecular complexity index is 479. The molecule has 0 spiro atoms. The predicted octanol–water partition coefficient (Wildman–Crippen LogP) is 2.90. The van der Waals surface area contributed by atoms with E-state index in [0.29, 0.717) is 31.1 Å². The van der Waals surface area contributed by atoms with Gasteiger partial charge in [-0.3, -0.25) is 0 Å². The lowest BCUT2D eigenvalue weighted by molar-refractivity contribution is -0.151. The van der Waals surface area contributed by atoms with Crippen molar-refractivity contribution in [3.63, 3.8) is 0 Å². The molecule has 5 nitrogen and oxygen atoms in total. The minimum Gasteiger partial charge on any atom is -0.493 e. The summed E-state index contributed by atoms with van der Waals surface area (Å²) in [6, 6.07) is 3.82. The fourth-order valence-electron chi connectivity index (χ4n) is 1.87. The molecular formula is C15H22BrNO4. The van der Waals surface area contributed by atoms with Crippen LogP contribution in [0.3, 0.4) is 0 Å². The van der Waals surface area contributed by atoms with Crippen LogP contribution in [0, 0.1) is 0 Å². The molecule has 6 heteroatoms. The molecule has 0 fully saturated rings. The van der Waals surface area contributed by atoms with E-state index in [1.54, 1.807) is 14.0 Å². The third kappa shape index (κ3) is 4.89. The third-order valence-electron chi connectivity index (χ3n) is 2.85. The predicted molar refractivity (Wildman–Crippen MR) is 84.8 cm³/mol. The van der Waals surface area contributed by atoms with Crippen molar-refractivity contribution >= 4 is 21.9 Å². The second-order valence-corrected chi connectivity index (χ2v) is 5.26. The van der Waals surface area contributed by atoms with Crippen LogP contribution in [0.15, 0.2) is 16.6 Å². The summed E-state index contributed by atoms with van der Waals surface area (Å²) < 4.78 is 16.9. The Labute approximate surface area is 134 Å². The molecule has 0 aromatic heterocycles. The van der Waals surface area contributed by atoms with Crippen LogP contribution >= 0.6 is 15.9 Å². The van der Waals surface area contributed by atoms with Crippen LogP contribution in [0.25, 0.3) is 0 Å². The molecule has 1 aromatic carbocycles. The van der Waals surface area contributed by atoms with Crippen molar-refractivity contribution in [1.29, 1.82) is 0 Å². The first-order valence-corrected chi connectivity index (χ1v) is 7.70. The van der Waals surface area contributed by atoms with Crippen LogP contribution in [0.4, 0.5) is 0 Å². The molecule has 0 aliphatic rings. The lowest BCUT2D eigenvalue weighted by atomic mass is 10.2. The van der Waals surface area contributed by atoms with E-state index in [-0.39, 0.29) is 5.97 Å². The van der Waals surface area contributed by atoms with Gasteiger partial charge in [0, 0.05) is 6.54 Å². The summed E-state index contributed by atoms with van der Waals surface area (Å²) in [5.41, 5.74) is 1.05. The van der Waals surface area contributed by atoms with E-state index in [9.17, 15) is 4.79 Å². The van der Waals surface area contributed by atoms with Crippen LogP contribution in [0.2, 0.25) is 0 Å². The van der Waals surface area contributed by atoms with E-state index in [1.165, 1.54) is 0 Å². The lowest BCUT2D eigenvalue weighted by Gasteiger charge is -2.19. The van der Waals surface area contributed by atoms with Gasteiger partial charge in [0.15, 0.2) is 17.6 Å². The molecule has 118 valence electrons. The Morgan fingerprint density at radius 3 is 2.62 bits per heavy atom. The summed E-state index contributed by atoms with van der Waals surface area (Å²) in [7, 11) is 3.45. The van der Waals surface area contributed by atoms with Crippen molar-refractivity contribution in [2.75, 3.05) is 20.8 Å². The number of carbonyl (C=O) groups is 1. The van der Waals surface area contributed by atoms with E-state index < -0.39 is 6.10 Å². The van der Waals surface area contributed by atoms with Gasteiger partial charge in [-0.05, 0) is 54.0 Å². The zero-order valence-corrected chi connectivity index (χ0v) is 14.5. The topological polar surface area (TPSA) is 56.8 Å². The number of esters is 1. The summed E-state index contributed by atoms with van der Waals surface area (Å²) in [5.74, 6) is 0.725. The maximum Gasteiger partial charge on any atom is 0.347 e. The molecule has 1 atom stereocenters. The minimum atomic E-state index is -0.648. The van der Waals surface area contributed by atoms with Crippen molar-refractivity contribution in [3.8, 4) is 11.5 Å². The standard InChI is InChI=1S/C15H22BrNO4/c1-5-12(15(18)20-6-2)21-14-11(16)7-10(9-17-3)8-13(14)19-4/h7-8,12,17H,5-6,9H2,1-4H3. The van der Waals surface area contributed by atoms with Gasteiger partial charge in [-0.2, -0.15) is 0 Å². The van der Waals surface area contributed by atoms with Gasteiger partial charge in [-0.15, -0.1) is 0 Å². The van der Waals surface area contributed by atoms with E-state index in [0.717, 1.165) is 10.0 Å². The molecule has 0 aliphatic carbocycles. The Morgan fingerprint density at radius 2 is 2.10 bits per heavy atom. The van der Waals surface area contributed by atoms with Gasteiger partial charge in [0.05, 0.1) is 18.2 Å². The van der Waals surface area contributed by atoms with Gasteiger partial charge in [-0.25, -0.2) is 4.79 Å². The Morgan fingerprint density at radius 1 is 1.38 bits per heavy atom. The fraction of sp³-hybridized carbons (Fsp3) is 0.533. The van der Waals surface area contributed by atoms with Crippen molar-refractivity contribution in [2.45, 2.75) is 32.9 Å². The van der Waals surface area contributed by atoms with E-state index in [1.807, 2.05) is 26.1 Å². The van der Waals surface area contributed by atoms with Crippen LogP contribution in [-0.2, 0) is 16.1 Å². The van der Waals surface area contributed by atoms with Crippen LogP contribution in [0.5, 0.6) is 11.5 Å². The number of benzene rings is 1. The van der Waals surface area contributed by atoms with Gasteiger partial charge >= 0.3 is 5.97 Å². The number of rotatable bonds is 8. The summed E-state index contributed by atoms with van der Waals surface area (Å²) in [6.07, 6.45) is -0.127. The third-order valence-corrected chi connectivity index (χ3v) is 3.44. The summed E-state index contributed by atoms with van der Waals surface area (Å²) in [6.45, 7) is 4.69.